The Labute approximate surface area is 127 Å². The first kappa shape index (κ1) is 17.1. The van der Waals surface area contributed by atoms with Crippen molar-refractivity contribution in [2.24, 2.45) is 5.92 Å². The van der Waals surface area contributed by atoms with Gasteiger partial charge in [-0.25, -0.2) is 0 Å². The van der Waals surface area contributed by atoms with E-state index >= 15 is 0 Å². The normalized spacial score (nSPS) is 12.4. The Hall–Kier alpha value is -0.960. The van der Waals surface area contributed by atoms with E-state index in [1.54, 1.807) is 11.8 Å². The Balaban J connectivity index is 2.18. The summed E-state index contributed by atoms with van der Waals surface area (Å²) in [6.45, 7) is 8.60. The number of carbonyl (C=O) groups is 1. The molecule has 3 heteroatoms. The van der Waals surface area contributed by atoms with Crippen LogP contribution in [-0.4, -0.2) is 17.7 Å². The summed E-state index contributed by atoms with van der Waals surface area (Å²) < 4.78 is 0. The minimum atomic E-state index is 0.151. The van der Waals surface area contributed by atoms with E-state index in [2.05, 4.69) is 57.3 Å². The maximum absolute atomic E-state index is 11.8. The molecule has 0 aliphatic rings. The second kappa shape index (κ2) is 9.06. The van der Waals surface area contributed by atoms with Crippen LogP contribution in [0.2, 0.25) is 0 Å². The van der Waals surface area contributed by atoms with Crippen LogP contribution in [0.25, 0.3) is 0 Å². The van der Waals surface area contributed by atoms with E-state index < -0.39 is 0 Å². The largest absolute Gasteiger partial charge is 0.353 e. The molecule has 0 bridgehead atoms. The van der Waals surface area contributed by atoms with E-state index in [1.807, 2.05) is 0 Å². The number of hydrogen-bond acceptors (Lipinski definition) is 2. The fourth-order valence-electron chi connectivity index (χ4n) is 1.92. The summed E-state index contributed by atoms with van der Waals surface area (Å²) in [7, 11) is 0. The third kappa shape index (κ3) is 7.59. The number of rotatable bonds is 8. The van der Waals surface area contributed by atoms with Crippen molar-refractivity contribution in [1.82, 2.24) is 5.32 Å². The van der Waals surface area contributed by atoms with Gasteiger partial charge < -0.3 is 5.32 Å². The van der Waals surface area contributed by atoms with Crippen molar-refractivity contribution in [3.05, 3.63) is 35.4 Å². The molecule has 2 nitrogen and oxygen atoms in total. The molecule has 0 heterocycles. The van der Waals surface area contributed by atoms with Gasteiger partial charge in [0.2, 0.25) is 5.91 Å². The molecule has 1 unspecified atom stereocenters. The van der Waals surface area contributed by atoms with Gasteiger partial charge in [-0.1, -0.05) is 43.7 Å². The summed E-state index contributed by atoms with van der Waals surface area (Å²) in [4.78, 5) is 11.8. The molecule has 0 spiro atoms. The van der Waals surface area contributed by atoms with E-state index in [0.29, 0.717) is 11.7 Å². The average molecular weight is 293 g/mol. The van der Waals surface area contributed by atoms with E-state index in [4.69, 9.17) is 0 Å². The summed E-state index contributed by atoms with van der Waals surface area (Å²) in [6.07, 6.45) is 2.23. The van der Waals surface area contributed by atoms with Gasteiger partial charge in [0, 0.05) is 11.8 Å². The summed E-state index contributed by atoms with van der Waals surface area (Å²) in [5.74, 6) is 2.29. The van der Waals surface area contributed by atoms with Crippen molar-refractivity contribution in [2.75, 3.05) is 5.75 Å². The first-order chi connectivity index (χ1) is 9.47. The second-order valence-electron chi connectivity index (χ2n) is 5.92. The van der Waals surface area contributed by atoms with Crippen LogP contribution in [0.5, 0.6) is 0 Å². The third-order valence-corrected chi connectivity index (χ3v) is 4.21. The predicted octanol–water partition coefficient (Wildman–Crippen LogP) is 4.17. The Kier molecular flexibility index (Phi) is 7.75. The number of carbonyl (C=O) groups excluding carboxylic acids is 1. The van der Waals surface area contributed by atoms with E-state index in [-0.39, 0.29) is 11.9 Å². The van der Waals surface area contributed by atoms with Crippen LogP contribution in [0.3, 0.4) is 0 Å². The van der Waals surface area contributed by atoms with Gasteiger partial charge in [-0.05, 0) is 38.2 Å². The van der Waals surface area contributed by atoms with Crippen LogP contribution in [0.15, 0.2) is 24.3 Å². The van der Waals surface area contributed by atoms with Gasteiger partial charge in [0.05, 0.1) is 5.75 Å². The molecule has 0 aliphatic carbocycles. The van der Waals surface area contributed by atoms with E-state index in [0.717, 1.165) is 18.6 Å². The molecule has 20 heavy (non-hydrogen) atoms. The lowest BCUT2D eigenvalue weighted by Crippen LogP contribution is -2.34. The second-order valence-corrected chi connectivity index (χ2v) is 6.90. The number of thioether (sulfide) groups is 1. The number of aryl methyl sites for hydroxylation is 1. The lowest BCUT2D eigenvalue weighted by Gasteiger charge is -2.14. The zero-order valence-corrected chi connectivity index (χ0v) is 13.9. The fourth-order valence-corrected chi connectivity index (χ4v) is 2.72. The summed E-state index contributed by atoms with van der Waals surface area (Å²) in [5, 5.41) is 3.07. The van der Waals surface area contributed by atoms with Crippen molar-refractivity contribution in [3.63, 3.8) is 0 Å². The van der Waals surface area contributed by atoms with Crippen LogP contribution in [0, 0.1) is 12.8 Å². The van der Waals surface area contributed by atoms with Gasteiger partial charge in [-0.3, -0.25) is 4.79 Å². The Morgan fingerprint density at radius 2 is 1.80 bits per heavy atom. The molecular weight excluding hydrogens is 266 g/mol. The number of benzene rings is 1. The number of hydrogen-bond donors (Lipinski definition) is 1. The maximum atomic E-state index is 11.8. The molecule has 1 amide bonds. The fraction of sp³-hybridized carbons (Fsp3) is 0.588. The molecule has 0 aliphatic heterocycles. The molecule has 0 radical (unpaired) electrons. The minimum Gasteiger partial charge on any atom is -0.353 e. The van der Waals surface area contributed by atoms with Crippen LogP contribution in [0.1, 0.15) is 44.7 Å². The van der Waals surface area contributed by atoms with Gasteiger partial charge >= 0.3 is 0 Å². The SMILES string of the molecule is Cc1ccc(CSCC(=O)NC(C)CCC(C)C)cc1. The quantitative estimate of drug-likeness (QED) is 0.779. The van der Waals surface area contributed by atoms with Gasteiger partial charge in [-0.2, -0.15) is 0 Å². The minimum absolute atomic E-state index is 0.151. The van der Waals surface area contributed by atoms with Crippen molar-refractivity contribution in [3.8, 4) is 0 Å². The number of nitrogens with one attached hydrogen (secondary N) is 1. The molecule has 1 aromatic carbocycles. The first-order valence-electron chi connectivity index (χ1n) is 7.40. The molecule has 112 valence electrons. The molecular formula is C17H27NOS. The molecule has 1 N–H and O–H groups in total. The predicted molar refractivity (Wildman–Crippen MR) is 89.0 cm³/mol. The topological polar surface area (TPSA) is 29.1 Å². The molecule has 1 aromatic rings. The highest BCUT2D eigenvalue weighted by Gasteiger charge is 2.08. The lowest BCUT2D eigenvalue weighted by molar-refractivity contribution is -0.119. The summed E-state index contributed by atoms with van der Waals surface area (Å²) in [6, 6.07) is 8.77. The number of amides is 1. The molecule has 0 saturated heterocycles. The van der Waals surface area contributed by atoms with Crippen LogP contribution >= 0.6 is 11.8 Å². The van der Waals surface area contributed by atoms with Gasteiger partial charge in [0.25, 0.3) is 0 Å². The monoisotopic (exact) mass is 293 g/mol. The Morgan fingerprint density at radius 1 is 1.15 bits per heavy atom. The van der Waals surface area contributed by atoms with Crippen molar-refractivity contribution < 1.29 is 4.79 Å². The highest BCUT2D eigenvalue weighted by atomic mass is 32.2. The smallest absolute Gasteiger partial charge is 0.230 e. The Morgan fingerprint density at radius 3 is 2.40 bits per heavy atom. The summed E-state index contributed by atoms with van der Waals surface area (Å²) >= 11 is 1.67. The first-order valence-corrected chi connectivity index (χ1v) is 8.55. The van der Waals surface area contributed by atoms with Crippen LogP contribution < -0.4 is 5.32 Å². The van der Waals surface area contributed by atoms with E-state index in [1.165, 1.54) is 11.1 Å². The highest BCUT2D eigenvalue weighted by Crippen LogP contribution is 2.13. The lowest BCUT2D eigenvalue weighted by atomic mass is 10.0. The molecule has 0 fully saturated rings. The molecule has 1 atom stereocenters. The van der Waals surface area contributed by atoms with Crippen molar-refractivity contribution in [1.29, 1.82) is 0 Å². The van der Waals surface area contributed by atoms with Crippen LogP contribution in [-0.2, 0) is 10.5 Å². The Bertz CT molecular complexity index is 400. The summed E-state index contributed by atoms with van der Waals surface area (Å²) in [5.41, 5.74) is 2.55. The highest BCUT2D eigenvalue weighted by molar-refractivity contribution is 7.99. The zero-order chi connectivity index (χ0) is 15.0. The van der Waals surface area contributed by atoms with E-state index in [9.17, 15) is 4.79 Å². The zero-order valence-electron chi connectivity index (χ0n) is 13.1. The van der Waals surface area contributed by atoms with Gasteiger partial charge in [-0.15, -0.1) is 11.8 Å². The van der Waals surface area contributed by atoms with Gasteiger partial charge in [0.1, 0.15) is 0 Å². The van der Waals surface area contributed by atoms with Gasteiger partial charge in [0.15, 0.2) is 0 Å². The maximum Gasteiger partial charge on any atom is 0.230 e. The van der Waals surface area contributed by atoms with Crippen molar-refractivity contribution >= 4 is 17.7 Å². The molecule has 1 rings (SSSR count). The van der Waals surface area contributed by atoms with Crippen molar-refractivity contribution in [2.45, 2.75) is 52.3 Å². The standard InChI is InChI=1S/C17H27NOS/c1-13(2)5-8-15(4)18-17(19)12-20-11-16-9-6-14(3)7-10-16/h6-7,9-10,13,15H,5,8,11-12H2,1-4H3,(H,18,19). The third-order valence-electron chi connectivity index (χ3n) is 3.21. The van der Waals surface area contributed by atoms with Crippen LogP contribution in [0.4, 0.5) is 0 Å². The molecule has 0 saturated carbocycles. The average Bonchev–Trinajstić information content (AvgIpc) is 2.38. The molecule has 0 aromatic heterocycles.